The molecule has 0 bridgehead atoms. The number of hydrogen-bond acceptors (Lipinski definition) is 4. The highest BCUT2D eigenvalue weighted by molar-refractivity contribution is 7.89. The molecule has 2 rings (SSSR count). The first-order valence-corrected chi connectivity index (χ1v) is 9.78. The summed E-state index contributed by atoms with van der Waals surface area (Å²) in [6, 6.07) is 4.35. The molecule has 0 aromatic heterocycles. The molecule has 134 valence electrons. The Morgan fingerprint density at radius 2 is 1.83 bits per heavy atom. The minimum atomic E-state index is -3.67. The lowest BCUT2D eigenvalue weighted by Gasteiger charge is -2.35. The Kier molecular flexibility index (Phi) is 6.01. The maximum absolute atomic E-state index is 13.0. The molecule has 0 radical (unpaired) electrons. The Labute approximate surface area is 144 Å². The largest absolute Gasteiger partial charge is 0.478 e. The summed E-state index contributed by atoms with van der Waals surface area (Å²) in [4.78, 5) is 13.6. The Morgan fingerprint density at radius 1 is 1.21 bits per heavy atom. The van der Waals surface area contributed by atoms with Gasteiger partial charge >= 0.3 is 5.97 Å². The molecule has 1 aliphatic rings. The van der Waals surface area contributed by atoms with Crippen LogP contribution in [0.15, 0.2) is 23.1 Å². The molecule has 0 aliphatic carbocycles. The van der Waals surface area contributed by atoms with Gasteiger partial charge < -0.3 is 10.0 Å². The van der Waals surface area contributed by atoms with Gasteiger partial charge in [0.05, 0.1) is 10.5 Å². The van der Waals surface area contributed by atoms with Crippen molar-refractivity contribution < 1.29 is 18.3 Å². The van der Waals surface area contributed by atoms with Crippen molar-refractivity contribution in [3.63, 3.8) is 0 Å². The number of nitrogens with zero attached hydrogens (tertiary/aromatic N) is 2. The number of hydrogen-bond donors (Lipinski definition) is 1. The third kappa shape index (κ3) is 4.15. The third-order valence-electron chi connectivity index (χ3n) is 4.27. The van der Waals surface area contributed by atoms with Crippen molar-refractivity contribution in [2.75, 3.05) is 32.7 Å². The molecule has 1 aromatic rings. The molecule has 0 unspecified atom stereocenters. The summed E-state index contributed by atoms with van der Waals surface area (Å²) in [6.45, 7) is 9.42. The minimum Gasteiger partial charge on any atom is -0.478 e. The second-order valence-corrected chi connectivity index (χ2v) is 8.49. The van der Waals surface area contributed by atoms with E-state index < -0.39 is 16.0 Å². The topological polar surface area (TPSA) is 77.9 Å². The summed E-state index contributed by atoms with van der Waals surface area (Å²) < 4.78 is 27.4. The maximum Gasteiger partial charge on any atom is 0.335 e. The van der Waals surface area contributed by atoms with E-state index in [2.05, 4.69) is 18.7 Å². The van der Waals surface area contributed by atoms with E-state index in [-0.39, 0.29) is 10.5 Å². The molecule has 1 aromatic carbocycles. The van der Waals surface area contributed by atoms with Crippen molar-refractivity contribution in [3.05, 3.63) is 29.3 Å². The van der Waals surface area contributed by atoms with Crippen LogP contribution in [0.25, 0.3) is 0 Å². The van der Waals surface area contributed by atoms with Crippen LogP contribution in [0.1, 0.15) is 36.7 Å². The molecule has 1 fully saturated rings. The van der Waals surface area contributed by atoms with Crippen LogP contribution in [0.5, 0.6) is 0 Å². The minimum absolute atomic E-state index is 0.00391. The lowest BCUT2D eigenvalue weighted by molar-refractivity contribution is 0.0696. The number of carboxylic acid groups (broad SMARTS) is 1. The van der Waals surface area contributed by atoms with Gasteiger partial charge in [0.2, 0.25) is 10.0 Å². The van der Waals surface area contributed by atoms with Crippen LogP contribution in [0.3, 0.4) is 0 Å². The zero-order chi connectivity index (χ0) is 17.9. The Bertz CT molecular complexity index is 693. The van der Waals surface area contributed by atoms with Gasteiger partial charge in [0.25, 0.3) is 0 Å². The van der Waals surface area contributed by atoms with Gasteiger partial charge in [0.15, 0.2) is 0 Å². The fourth-order valence-corrected chi connectivity index (χ4v) is 4.77. The molecule has 1 heterocycles. The molecule has 1 aliphatic heterocycles. The number of carbonyl (C=O) groups is 1. The van der Waals surface area contributed by atoms with Crippen molar-refractivity contribution >= 4 is 16.0 Å². The number of rotatable bonds is 6. The van der Waals surface area contributed by atoms with E-state index in [0.717, 1.165) is 6.54 Å². The molecule has 1 saturated heterocycles. The average Bonchev–Trinajstić information content (AvgIpc) is 2.54. The van der Waals surface area contributed by atoms with Crippen molar-refractivity contribution in [1.82, 2.24) is 9.21 Å². The second-order valence-electron chi connectivity index (χ2n) is 6.58. The van der Waals surface area contributed by atoms with Gasteiger partial charge in [-0.3, -0.25) is 0 Å². The summed E-state index contributed by atoms with van der Waals surface area (Å²) in [5, 5.41) is 9.15. The standard InChI is InChI=1S/C17H26N2O4S/c1-4-14-5-6-15(17(20)21)11-16(14)24(22,23)19-9-7-18(8-10-19)12-13(2)3/h5-6,11,13H,4,7-10,12H2,1-3H3,(H,20,21). The third-order valence-corrected chi connectivity index (χ3v) is 6.25. The Balaban J connectivity index is 2.25. The molecule has 0 spiro atoms. The first-order chi connectivity index (χ1) is 11.3. The molecule has 0 atom stereocenters. The number of piperazine rings is 1. The van der Waals surface area contributed by atoms with E-state index in [0.29, 0.717) is 44.1 Å². The number of sulfonamides is 1. The quantitative estimate of drug-likeness (QED) is 0.844. The van der Waals surface area contributed by atoms with Gasteiger partial charge in [-0.15, -0.1) is 0 Å². The van der Waals surface area contributed by atoms with Gasteiger partial charge in [-0.05, 0) is 30.0 Å². The lowest BCUT2D eigenvalue weighted by Crippen LogP contribution is -2.49. The van der Waals surface area contributed by atoms with Crippen LogP contribution in [0.2, 0.25) is 0 Å². The van der Waals surface area contributed by atoms with Crippen LogP contribution < -0.4 is 0 Å². The fraction of sp³-hybridized carbons (Fsp3) is 0.588. The van der Waals surface area contributed by atoms with Gasteiger partial charge in [-0.25, -0.2) is 13.2 Å². The van der Waals surface area contributed by atoms with E-state index in [9.17, 15) is 13.2 Å². The van der Waals surface area contributed by atoms with E-state index in [1.165, 1.54) is 16.4 Å². The molecule has 0 saturated carbocycles. The number of aryl methyl sites for hydroxylation is 1. The van der Waals surface area contributed by atoms with Crippen molar-refractivity contribution in [2.45, 2.75) is 32.1 Å². The monoisotopic (exact) mass is 354 g/mol. The normalized spacial score (nSPS) is 17.3. The van der Waals surface area contributed by atoms with Gasteiger partial charge in [0.1, 0.15) is 0 Å². The molecule has 0 amide bonds. The number of aromatic carboxylic acids is 1. The van der Waals surface area contributed by atoms with E-state index in [1.54, 1.807) is 6.07 Å². The number of carboxylic acids is 1. The second kappa shape index (κ2) is 7.63. The van der Waals surface area contributed by atoms with Crippen LogP contribution >= 0.6 is 0 Å². The van der Waals surface area contributed by atoms with Crippen LogP contribution in [0, 0.1) is 5.92 Å². The van der Waals surface area contributed by atoms with Crippen LogP contribution in [0.4, 0.5) is 0 Å². The summed E-state index contributed by atoms with van der Waals surface area (Å²) >= 11 is 0. The summed E-state index contributed by atoms with van der Waals surface area (Å²) in [5.41, 5.74) is 0.661. The molecular weight excluding hydrogens is 328 g/mol. The predicted molar refractivity (Wildman–Crippen MR) is 92.8 cm³/mol. The Morgan fingerprint density at radius 3 is 2.33 bits per heavy atom. The van der Waals surface area contributed by atoms with Crippen molar-refractivity contribution in [2.24, 2.45) is 5.92 Å². The predicted octanol–water partition coefficient (Wildman–Crippen LogP) is 1.91. The smallest absolute Gasteiger partial charge is 0.335 e. The summed E-state index contributed by atoms with van der Waals surface area (Å²) in [6.07, 6.45) is 0.543. The molecular formula is C17H26N2O4S. The zero-order valence-corrected chi connectivity index (χ0v) is 15.3. The highest BCUT2D eigenvalue weighted by Crippen LogP contribution is 2.24. The van der Waals surface area contributed by atoms with Gasteiger partial charge in [-0.2, -0.15) is 4.31 Å². The molecule has 1 N–H and O–H groups in total. The van der Waals surface area contributed by atoms with Crippen LogP contribution in [-0.4, -0.2) is 61.4 Å². The molecule has 7 heteroatoms. The van der Waals surface area contributed by atoms with Gasteiger partial charge in [0, 0.05) is 32.7 Å². The summed E-state index contributed by atoms with van der Waals surface area (Å²) in [5.74, 6) is -0.567. The van der Waals surface area contributed by atoms with Crippen molar-refractivity contribution in [1.29, 1.82) is 0 Å². The van der Waals surface area contributed by atoms with E-state index in [1.807, 2.05) is 6.92 Å². The van der Waals surface area contributed by atoms with Crippen molar-refractivity contribution in [3.8, 4) is 0 Å². The highest BCUT2D eigenvalue weighted by Gasteiger charge is 2.30. The first kappa shape index (κ1) is 18.9. The van der Waals surface area contributed by atoms with E-state index >= 15 is 0 Å². The lowest BCUT2D eigenvalue weighted by atomic mass is 10.1. The fourth-order valence-electron chi connectivity index (χ4n) is 3.03. The SMILES string of the molecule is CCc1ccc(C(=O)O)cc1S(=O)(=O)N1CCN(CC(C)C)CC1. The highest BCUT2D eigenvalue weighted by atomic mass is 32.2. The number of benzene rings is 1. The van der Waals surface area contributed by atoms with E-state index in [4.69, 9.17) is 5.11 Å². The maximum atomic E-state index is 13.0. The Hall–Kier alpha value is -1.44. The van der Waals surface area contributed by atoms with Gasteiger partial charge in [-0.1, -0.05) is 26.8 Å². The zero-order valence-electron chi connectivity index (χ0n) is 14.5. The first-order valence-electron chi connectivity index (χ1n) is 8.34. The summed E-state index contributed by atoms with van der Waals surface area (Å²) in [7, 11) is -3.67. The van der Waals surface area contributed by atoms with Crippen LogP contribution in [-0.2, 0) is 16.4 Å². The average molecular weight is 354 g/mol. The molecule has 24 heavy (non-hydrogen) atoms. The molecule has 6 nitrogen and oxygen atoms in total.